The highest BCUT2D eigenvalue weighted by Crippen LogP contribution is 2.46. The number of ether oxygens (including phenoxy) is 1. The topological polar surface area (TPSA) is 71.0 Å². The number of rotatable bonds is 6. The van der Waals surface area contributed by atoms with E-state index in [0.29, 0.717) is 23.8 Å². The molecule has 1 aromatic rings. The van der Waals surface area contributed by atoms with Gasteiger partial charge in [-0.05, 0) is 45.0 Å². The van der Waals surface area contributed by atoms with Crippen LogP contribution in [0, 0.1) is 5.41 Å². The molecular weight excluding hydrogens is 350 g/mol. The van der Waals surface area contributed by atoms with E-state index in [1.54, 1.807) is 24.3 Å². The van der Waals surface area contributed by atoms with E-state index < -0.39 is 9.84 Å². The lowest BCUT2D eigenvalue weighted by Crippen LogP contribution is -2.72. The van der Waals surface area contributed by atoms with E-state index in [1.165, 1.54) is 6.26 Å². The van der Waals surface area contributed by atoms with Crippen LogP contribution in [-0.2, 0) is 9.84 Å². The zero-order chi connectivity index (χ0) is 19.6. The molecule has 0 unspecified atom stereocenters. The minimum absolute atomic E-state index is 0.0519. The van der Waals surface area contributed by atoms with Gasteiger partial charge in [-0.2, -0.15) is 0 Å². The van der Waals surface area contributed by atoms with Crippen LogP contribution in [-0.4, -0.2) is 57.3 Å². The molecule has 1 aliphatic rings. The molecule has 0 bridgehead atoms. The van der Waals surface area contributed by atoms with E-state index in [9.17, 15) is 8.42 Å². The maximum atomic E-state index is 11.5. The molecule has 26 heavy (non-hydrogen) atoms. The van der Waals surface area contributed by atoms with E-state index in [1.807, 2.05) is 0 Å². The standard InChI is InChI=1S/C19H31N3O3S/c1-7-20-17(22-14-18(2,3)19(22,4)5)21-12-13-25-15-8-10-16(11-9-15)26(6,23)24/h8-11H,7,12-14H2,1-6H3,(H,20,21). The highest BCUT2D eigenvalue weighted by atomic mass is 32.2. The highest BCUT2D eigenvalue weighted by molar-refractivity contribution is 7.90. The molecule has 1 aliphatic heterocycles. The molecule has 1 heterocycles. The Bertz CT molecular complexity index is 753. The van der Waals surface area contributed by atoms with Gasteiger partial charge in [-0.3, -0.25) is 0 Å². The number of hydrogen-bond acceptors (Lipinski definition) is 4. The SMILES string of the molecule is CCNC(=NCCOc1ccc(S(C)(=O)=O)cc1)N1CC(C)(C)C1(C)C. The second-order valence-electron chi connectivity index (χ2n) is 7.86. The summed E-state index contributed by atoms with van der Waals surface area (Å²) in [6, 6.07) is 6.46. The highest BCUT2D eigenvalue weighted by Gasteiger charge is 2.53. The van der Waals surface area contributed by atoms with Crippen LogP contribution < -0.4 is 10.1 Å². The summed E-state index contributed by atoms with van der Waals surface area (Å²) >= 11 is 0. The molecule has 0 aliphatic carbocycles. The molecule has 1 saturated heterocycles. The van der Waals surface area contributed by atoms with Crippen molar-refractivity contribution >= 4 is 15.8 Å². The number of guanidine groups is 1. The monoisotopic (exact) mass is 381 g/mol. The molecule has 2 rings (SSSR count). The van der Waals surface area contributed by atoms with Crippen LogP contribution in [0.25, 0.3) is 0 Å². The fourth-order valence-corrected chi connectivity index (χ4v) is 3.52. The quantitative estimate of drug-likeness (QED) is 0.466. The van der Waals surface area contributed by atoms with Crippen molar-refractivity contribution < 1.29 is 13.2 Å². The molecule has 7 heteroatoms. The van der Waals surface area contributed by atoms with Crippen molar-refractivity contribution in [1.29, 1.82) is 0 Å². The smallest absolute Gasteiger partial charge is 0.194 e. The summed E-state index contributed by atoms with van der Waals surface area (Å²) in [5.74, 6) is 1.55. The van der Waals surface area contributed by atoms with Crippen LogP contribution in [0.3, 0.4) is 0 Å². The molecule has 0 radical (unpaired) electrons. The third-order valence-corrected chi connectivity index (χ3v) is 6.48. The number of hydrogen-bond donors (Lipinski definition) is 1. The molecule has 0 atom stereocenters. The Hall–Kier alpha value is -1.76. The van der Waals surface area contributed by atoms with E-state index >= 15 is 0 Å². The van der Waals surface area contributed by atoms with E-state index in [-0.39, 0.29) is 11.0 Å². The van der Waals surface area contributed by atoms with Crippen LogP contribution >= 0.6 is 0 Å². The van der Waals surface area contributed by atoms with Gasteiger partial charge < -0.3 is 15.0 Å². The molecule has 0 amide bonds. The Morgan fingerprint density at radius 2 is 1.85 bits per heavy atom. The lowest BCUT2D eigenvalue weighted by molar-refractivity contribution is -0.0667. The third kappa shape index (κ3) is 4.31. The number of sulfone groups is 1. The van der Waals surface area contributed by atoms with E-state index in [2.05, 4.69) is 49.8 Å². The summed E-state index contributed by atoms with van der Waals surface area (Å²) < 4.78 is 28.6. The Morgan fingerprint density at radius 1 is 1.23 bits per heavy atom. The summed E-state index contributed by atoms with van der Waals surface area (Å²) in [5.41, 5.74) is 0.303. The van der Waals surface area contributed by atoms with Gasteiger partial charge in [0.1, 0.15) is 12.4 Å². The normalized spacial score (nSPS) is 19.0. The van der Waals surface area contributed by atoms with Crippen molar-refractivity contribution in [3.8, 4) is 5.75 Å². The van der Waals surface area contributed by atoms with Gasteiger partial charge in [0.25, 0.3) is 0 Å². The molecule has 1 fully saturated rings. The maximum Gasteiger partial charge on any atom is 0.194 e. The Kier molecular flexibility index (Phi) is 5.90. The van der Waals surface area contributed by atoms with Crippen molar-refractivity contribution in [2.45, 2.75) is 45.1 Å². The van der Waals surface area contributed by atoms with Gasteiger partial charge in [0.05, 0.1) is 11.4 Å². The van der Waals surface area contributed by atoms with E-state index in [0.717, 1.165) is 19.0 Å². The molecule has 1 N–H and O–H groups in total. The predicted molar refractivity (Wildman–Crippen MR) is 106 cm³/mol. The molecule has 0 aromatic heterocycles. The van der Waals surface area contributed by atoms with Crippen molar-refractivity contribution in [1.82, 2.24) is 10.2 Å². The first kappa shape index (κ1) is 20.6. The average Bonchev–Trinajstić information content (AvgIpc) is 2.55. The number of benzene rings is 1. The average molecular weight is 382 g/mol. The molecule has 1 aromatic carbocycles. The summed E-state index contributed by atoms with van der Waals surface area (Å²) in [6.45, 7) is 13.8. The summed E-state index contributed by atoms with van der Waals surface area (Å²) in [6.07, 6.45) is 1.19. The number of aliphatic imine (C=N–C) groups is 1. The molecular formula is C19H31N3O3S. The zero-order valence-corrected chi connectivity index (χ0v) is 17.5. The van der Waals surface area contributed by atoms with Crippen molar-refractivity contribution in [2.24, 2.45) is 10.4 Å². The largest absolute Gasteiger partial charge is 0.492 e. The van der Waals surface area contributed by atoms with Crippen molar-refractivity contribution in [2.75, 3.05) is 32.5 Å². The van der Waals surface area contributed by atoms with Crippen molar-refractivity contribution in [3.63, 3.8) is 0 Å². The fourth-order valence-electron chi connectivity index (χ4n) is 2.89. The van der Waals surface area contributed by atoms with Crippen LogP contribution in [0.5, 0.6) is 5.75 Å². The third-order valence-electron chi connectivity index (χ3n) is 5.35. The number of likely N-dealkylation sites (tertiary alicyclic amines) is 1. The Morgan fingerprint density at radius 3 is 2.31 bits per heavy atom. The first-order valence-corrected chi connectivity index (χ1v) is 10.9. The molecule has 146 valence electrons. The first-order valence-electron chi connectivity index (χ1n) is 8.98. The second kappa shape index (κ2) is 7.47. The number of nitrogens with zero attached hydrogens (tertiary/aromatic N) is 2. The summed E-state index contributed by atoms with van der Waals surface area (Å²) in [5, 5.41) is 3.35. The van der Waals surface area contributed by atoms with Gasteiger partial charge in [-0.1, -0.05) is 13.8 Å². The number of nitrogens with one attached hydrogen (secondary N) is 1. The van der Waals surface area contributed by atoms with Crippen LogP contribution in [0.4, 0.5) is 0 Å². The molecule has 0 spiro atoms. The molecule has 6 nitrogen and oxygen atoms in total. The van der Waals surface area contributed by atoms with Gasteiger partial charge in [-0.15, -0.1) is 0 Å². The van der Waals surface area contributed by atoms with Crippen LogP contribution in [0.2, 0.25) is 0 Å². The Labute approximate surface area is 157 Å². The summed E-state index contributed by atoms with van der Waals surface area (Å²) in [7, 11) is -3.18. The van der Waals surface area contributed by atoms with Gasteiger partial charge in [0.15, 0.2) is 15.8 Å². The van der Waals surface area contributed by atoms with E-state index in [4.69, 9.17) is 4.74 Å². The van der Waals surface area contributed by atoms with Crippen LogP contribution in [0.1, 0.15) is 34.6 Å². The predicted octanol–water partition coefficient (Wildman–Crippen LogP) is 2.55. The zero-order valence-electron chi connectivity index (χ0n) is 16.7. The van der Waals surface area contributed by atoms with Gasteiger partial charge in [0, 0.05) is 30.3 Å². The van der Waals surface area contributed by atoms with Gasteiger partial charge in [0.2, 0.25) is 0 Å². The minimum atomic E-state index is -3.18. The maximum absolute atomic E-state index is 11.5. The lowest BCUT2D eigenvalue weighted by atomic mass is 9.65. The first-order chi connectivity index (χ1) is 12.0. The van der Waals surface area contributed by atoms with Gasteiger partial charge >= 0.3 is 0 Å². The minimum Gasteiger partial charge on any atom is -0.492 e. The second-order valence-corrected chi connectivity index (χ2v) is 9.87. The van der Waals surface area contributed by atoms with Crippen molar-refractivity contribution in [3.05, 3.63) is 24.3 Å². The van der Waals surface area contributed by atoms with Crippen LogP contribution in [0.15, 0.2) is 34.2 Å². The fraction of sp³-hybridized carbons (Fsp3) is 0.632. The molecule has 0 saturated carbocycles. The lowest BCUT2D eigenvalue weighted by Gasteiger charge is -2.62. The Balaban J connectivity index is 1.93. The summed E-state index contributed by atoms with van der Waals surface area (Å²) in [4.78, 5) is 7.27. The van der Waals surface area contributed by atoms with Gasteiger partial charge in [-0.25, -0.2) is 13.4 Å².